The highest BCUT2D eigenvalue weighted by molar-refractivity contribution is 5.73. The van der Waals surface area contributed by atoms with Crippen LogP contribution in [-0.4, -0.2) is 169 Å². The van der Waals surface area contributed by atoms with Gasteiger partial charge in [-0.2, -0.15) is 0 Å². The van der Waals surface area contributed by atoms with Gasteiger partial charge in [-0.25, -0.2) is 9.59 Å². The predicted octanol–water partition coefficient (Wildman–Crippen LogP) is 13.5. The summed E-state index contributed by atoms with van der Waals surface area (Å²) in [5, 5.41) is 104. The molecule has 0 saturated carbocycles. The average Bonchev–Trinajstić information content (AvgIpc) is 3.53. The molecule has 522 valence electrons. The Morgan fingerprint density at radius 1 is 0.318 bits per heavy atom. The van der Waals surface area contributed by atoms with E-state index in [0.717, 1.165) is 13.1 Å². The van der Waals surface area contributed by atoms with E-state index in [1.165, 1.54) is 268 Å². The van der Waals surface area contributed by atoms with E-state index >= 15 is 0 Å². The Bertz CT molecular complexity index is 1510. The van der Waals surface area contributed by atoms with Crippen LogP contribution in [0.4, 0.5) is 0 Å². The number of carboxylic acid groups (broad SMARTS) is 2. The van der Waals surface area contributed by atoms with Crippen molar-refractivity contribution in [3.63, 3.8) is 0 Å². The van der Waals surface area contributed by atoms with Gasteiger partial charge in [0.15, 0.2) is 12.2 Å². The van der Waals surface area contributed by atoms with Crippen LogP contribution in [-0.2, 0) is 22.7 Å². The lowest BCUT2D eigenvalue weighted by Crippen LogP contribution is -2.48. The van der Waals surface area contributed by atoms with Gasteiger partial charge in [0.05, 0.1) is 13.2 Å². The first-order valence-corrected chi connectivity index (χ1v) is 35.9. The summed E-state index contributed by atoms with van der Waals surface area (Å²) in [5.74, 6) is -3.45. The molecule has 0 spiro atoms. The van der Waals surface area contributed by atoms with Crippen LogP contribution in [0.3, 0.4) is 0 Å². The average molecular weight is 1260 g/mol. The summed E-state index contributed by atoms with van der Waals surface area (Å²) in [5.41, 5.74) is 3.03. The first kappa shape index (κ1) is 87.7. The zero-order chi connectivity index (χ0) is 66.3. The van der Waals surface area contributed by atoms with Gasteiger partial charge in [0, 0.05) is 37.3 Å². The molecular weight excluding hydrogens is 1120 g/mol. The Hall–Kier alpha value is -2.32. The van der Waals surface area contributed by atoms with Crippen LogP contribution >= 0.6 is 0 Å². The molecule has 0 bridgehead atoms. The maximum absolute atomic E-state index is 10.1. The molecule has 0 amide bonds. The molecule has 16 nitrogen and oxygen atoms in total. The second kappa shape index (κ2) is 59.7. The fourth-order valence-corrected chi connectivity index (χ4v) is 11.7. The van der Waals surface area contributed by atoms with Crippen molar-refractivity contribution in [3.8, 4) is 0 Å². The highest BCUT2D eigenvalue weighted by atomic mass is 16.4. The van der Waals surface area contributed by atoms with Crippen molar-refractivity contribution in [2.24, 2.45) is 0 Å². The van der Waals surface area contributed by atoms with Gasteiger partial charge in [0.2, 0.25) is 0 Å². The zero-order valence-electron chi connectivity index (χ0n) is 57.4. The lowest BCUT2D eigenvalue weighted by molar-refractivity contribution is -0.164. The van der Waals surface area contributed by atoms with E-state index < -0.39 is 74.0 Å². The maximum Gasteiger partial charge on any atom is 0.335 e. The maximum atomic E-state index is 10.1. The van der Waals surface area contributed by atoms with Crippen molar-refractivity contribution in [1.82, 2.24) is 9.80 Å². The molecule has 0 aliphatic rings. The van der Waals surface area contributed by atoms with Crippen LogP contribution in [0.5, 0.6) is 0 Å². The van der Waals surface area contributed by atoms with Crippen LogP contribution in [0.2, 0.25) is 0 Å². The van der Waals surface area contributed by atoms with Crippen molar-refractivity contribution in [3.05, 3.63) is 35.4 Å². The van der Waals surface area contributed by atoms with Gasteiger partial charge in [0.25, 0.3) is 0 Å². The van der Waals surface area contributed by atoms with Gasteiger partial charge in [-0.15, -0.1) is 0 Å². The molecule has 1 rings (SSSR count). The van der Waals surface area contributed by atoms with Crippen LogP contribution < -0.4 is 0 Å². The number of nitrogens with zero attached hydrogens (tertiary/aromatic N) is 2. The lowest BCUT2D eigenvalue weighted by atomic mass is 9.99. The molecule has 0 aromatic heterocycles. The number of unbranched alkanes of at least 4 members (excludes halogenated alkanes) is 32. The highest BCUT2D eigenvalue weighted by Crippen LogP contribution is 2.25. The molecule has 0 aliphatic carbocycles. The Morgan fingerprint density at radius 3 is 0.670 bits per heavy atom. The molecule has 12 N–H and O–H groups in total. The molecular formula is C72H140N2O14. The number of aliphatic hydroxyl groups excluding tert-OH is 10. The third-order valence-electron chi connectivity index (χ3n) is 17.9. The van der Waals surface area contributed by atoms with Gasteiger partial charge in [0.1, 0.15) is 36.6 Å². The number of aliphatic carboxylic acids is 2. The minimum Gasteiger partial charge on any atom is -0.479 e. The van der Waals surface area contributed by atoms with E-state index in [0.29, 0.717) is 24.2 Å². The fraction of sp³-hybridized carbons (Fsp3) is 0.889. The SMILES string of the molecule is CCCCCCCCCCCC(C)N(Cc1ccc(CN(C(C)CCCCCCCCCCC)C(C)CCCCCCCCCCC)cc1)C(C)CCCCCCCCCCC.O=C(O)[C@H](O)[C@@H](O)[C@H](O)[C@H](O)CO.O=C(O)[C@H](O)[C@@H](O)[C@H](O)[C@H](O)CO. The van der Waals surface area contributed by atoms with Gasteiger partial charge in [-0.1, -0.05) is 283 Å². The van der Waals surface area contributed by atoms with Crippen molar-refractivity contribution in [2.75, 3.05) is 13.2 Å². The Balaban J connectivity index is 0. The largest absolute Gasteiger partial charge is 0.479 e. The summed E-state index contributed by atoms with van der Waals surface area (Å²) in [6, 6.07) is 12.6. The molecule has 12 atom stereocenters. The highest BCUT2D eigenvalue weighted by Gasteiger charge is 2.35. The molecule has 88 heavy (non-hydrogen) atoms. The number of carbonyl (C=O) groups is 2. The van der Waals surface area contributed by atoms with Crippen molar-refractivity contribution < 1.29 is 70.9 Å². The van der Waals surface area contributed by atoms with Crippen molar-refractivity contribution in [2.45, 2.75) is 398 Å². The van der Waals surface area contributed by atoms with Gasteiger partial charge < -0.3 is 61.3 Å². The zero-order valence-corrected chi connectivity index (χ0v) is 57.4. The summed E-state index contributed by atoms with van der Waals surface area (Å²) in [6.45, 7) is 20.0. The molecule has 0 heterocycles. The van der Waals surface area contributed by atoms with Crippen LogP contribution in [0.25, 0.3) is 0 Å². The van der Waals surface area contributed by atoms with Crippen LogP contribution in [0, 0.1) is 0 Å². The summed E-state index contributed by atoms with van der Waals surface area (Å²) < 4.78 is 0. The third-order valence-corrected chi connectivity index (χ3v) is 17.9. The van der Waals surface area contributed by atoms with Crippen LogP contribution in [0.15, 0.2) is 24.3 Å². The first-order valence-electron chi connectivity index (χ1n) is 35.9. The predicted molar refractivity (Wildman–Crippen MR) is 360 cm³/mol. The van der Waals surface area contributed by atoms with Gasteiger partial charge in [-0.05, 0) is 64.5 Å². The number of hydrogen-bond donors (Lipinski definition) is 12. The molecule has 0 aliphatic heterocycles. The Kier molecular flexibility index (Phi) is 59.5. The summed E-state index contributed by atoms with van der Waals surface area (Å²) in [7, 11) is 0. The molecule has 1 aromatic carbocycles. The smallest absolute Gasteiger partial charge is 0.335 e. The number of carboxylic acids is 2. The Morgan fingerprint density at radius 2 is 0.500 bits per heavy atom. The topological polar surface area (TPSA) is 283 Å². The quantitative estimate of drug-likeness (QED) is 0.0270. The molecule has 4 unspecified atom stereocenters. The Labute approximate surface area is 537 Å². The van der Waals surface area contributed by atoms with E-state index in [4.69, 9.17) is 61.3 Å². The lowest BCUT2D eigenvalue weighted by Gasteiger charge is -2.36. The fourth-order valence-electron chi connectivity index (χ4n) is 11.7. The standard InChI is InChI=1S/C60H116N2.2C6H12O7/c1-9-13-17-21-25-29-33-37-41-45-55(5)61(56(6)46-42-38-34-30-26-22-18-14-10-2)53-59-49-51-60(52-50-59)54-62(57(7)47-43-39-35-31-27-23-19-15-11-3)58(8)48-44-40-36-32-28-24-20-16-12-4;2*7-1-2(8)3(9)4(10)5(11)6(12)13/h49-52,55-58H,9-48,53-54H2,1-8H3;2*2-5,7-11H,1H2,(H,12,13)/t;2*2-,3-,4+,5-/m.11/s1. The van der Waals surface area contributed by atoms with E-state index in [9.17, 15) is 9.59 Å². The summed E-state index contributed by atoms with van der Waals surface area (Å²) in [6.07, 6.45) is 40.8. The summed E-state index contributed by atoms with van der Waals surface area (Å²) in [4.78, 5) is 26.0. The number of hydrogen-bond acceptors (Lipinski definition) is 14. The normalized spacial score (nSPS) is 15.9. The molecule has 1 aromatic rings. The second-order valence-electron chi connectivity index (χ2n) is 26.1. The van der Waals surface area contributed by atoms with E-state index in [-0.39, 0.29) is 0 Å². The van der Waals surface area contributed by atoms with Crippen LogP contribution in [0.1, 0.15) is 323 Å². The molecule has 16 heteroatoms. The van der Waals surface area contributed by atoms with Crippen molar-refractivity contribution in [1.29, 1.82) is 0 Å². The van der Waals surface area contributed by atoms with Gasteiger partial charge in [-0.3, -0.25) is 9.80 Å². The summed E-state index contributed by atoms with van der Waals surface area (Å²) >= 11 is 0. The first-order chi connectivity index (χ1) is 42.2. The van der Waals surface area contributed by atoms with E-state index in [1.807, 2.05) is 0 Å². The number of rotatable bonds is 58. The molecule has 0 saturated heterocycles. The van der Waals surface area contributed by atoms with E-state index in [2.05, 4.69) is 89.5 Å². The van der Waals surface area contributed by atoms with Crippen molar-refractivity contribution >= 4 is 11.9 Å². The molecule has 0 fully saturated rings. The minimum absolute atomic E-state index is 0.645. The third kappa shape index (κ3) is 45.9. The van der Waals surface area contributed by atoms with Gasteiger partial charge >= 0.3 is 11.9 Å². The minimum atomic E-state index is -2.20. The monoisotopic (exact) mass is 1260 g/mol. The number of aliphatic hydroxyl groups is 10. The molecule has 0 radical (unpaired) electrons. The number of benzene rings is 1. The second-order valence-corrected chi connectivity index (χ2v) is 26.1. The van der Waals surface area contributed by atoms with E-state index in [1.54, 1.807) is 0 Å².